The first-order valence-electron chi connectivity index (χ1n) is 6.68. The van der Waals surface area contributed by atoms with Crippen LogP contribution < -0.4 is 5.73 Å². The van der Waals surface area contributed by atoms with Gasteiger partial charge in [0.2, 0.25) is 5.91 Å². The molecule has 1 aliphatic rings. The first-order chi connectivity index (χ1) is 9.22. The maximum atomic E-state index is 12.2. The molecular weight excluding hydrogens is 242 g/mol. The Morgan fingerprint density at radius 2 is 2.47 bits per heavy atom. The Morgan fingerprint density at radius 1 is 1.63 bits per heavy atom. The van der Waals surface area contributed by atoms with Crippen LogP contribution in [0.25, 0.3) is 0 Å². The molecule has 0 aromatic carbocycles. The second-order valence-electron chi connectivity index (χ2n) is 4.86. The lowest BCUT2D eigenvalue weighted by molar-refractivity contribution is -0.133. The smallest absolute Gasteiger partial charge is 0.239 e. The summed E-state index contributed by atoms with van der Waals surface area (Å²) >= 11 is 0. The van der Waals surface area contributed by atoms with Gasteiger partial charge in [-0.25, -0.2) is 0 Å². The fraction of sp³-hybridized carbons (Fsp3) is 0.571. The Morgan fingerprint density at radius 3 is 3.26 bits per heavy atom. The third-order valence-electron chi connectivity index (χ3n) is 3.46. The van der Waals surface area contributed by atoms with Crippen LogP contribution in [0.4, 0.5) is 0 Å². The van der Waals surface area contributed by atoms with E-state index in [9.17, 15) is 4.79 Å². The van der Waals surface area contributed by atoms with E-state index in [0.29, 0.717) is 26.1 Å². The molecule has 104 valence electrons. The third-order valence-corrected chi connectivity index (χ3v) is 3.46. The number of amides is 1. The number of ether oxygens (including phenoxy) is 1. The van der Waals surface area contributed by atoms with E-state index in [1.54, 1.807) is 13.3 Å². The molecule has 0 saturated heterocycles. The highest BCUT2D eigenvalue weighted by atomic mass is 16.5. The normalized spacial score (nSPS) is 16.0. The molecule has 0 saturated carbocycles. The standard InChI is InChI=1S/C14H21N3O2/c1-19-9-3-5-12(15)14(18)17-8-6-13-11(10-17)4-2-7-16-13/h2,4,7,12H,3,5-6,8-10,15H2,1H3. The summed E-state index contributed by atoms with van der Waals surface area (Å²) in [4.78, 5) is 18.4. The Bertz CT molecular complexity index is 436. The molecule has 0 fully saturated rings. The lowest BCUT2D eigenvalue weighted by Crippen LogP contribution is -2.46. The van der Waals surface area contributed by atoms with Crippen molar-refractivity contribution in [2.75, 3.05) is 20.3 Å². The van der Waals surface area contributed by atoms with Gasteiger partial charge in [-0.3, -0.25) is 9.78 Å². The fourth-order valence-corrected chi connectivity index (χ4v) is 2.36. The van der Waals surface area contributed by atoms with Gasteiger partial charge in [0, 0.05) is 45.1 Å². The van der Waals surface area contributed by atoms with Crippen LogP contribution in [-0.2, 0) is 22.5 Å². The van der Waals surface area contributed by atoms with Crippen LogP contribution in [0.3, 0.4) is 0 Å². The van der Waals surface area contributed by atoms with Crippen molar-refractivity contribution in [1.29, 1.82) is 0 Å². The molecule has 5 nitrogen and oxygen atoms in total. The summed E-state index contributed by atoms with van der Waals surface area (Å²) < 4.78 is 4.98. The number of hydrogen-bond acceptors (Lipinski definition) is 4. The molecule has 1 aromatic rings. The van der Waals surface area contributed by atoms with Crippen LogP contribution in [0.5, 0.6) is 0 Å². The van der Waals surface area contributed by atoms with E-state index in [-0.39, 0.29) is 5.91 Å². The largest absolute Gasteiger partial charge is 0.385 e. The number of aromatic nitrogens is 1. The van der Waals surface area contributed by atoms with Gasteiger partial charge in [0.05, 0.1) is 6.04 Å². The van der Waals surface area contributed by atoms with Crippen molar-refractivity contribution in [3.63, 3.8) is 0 Å². The number of pyridine rings is 1. The lowest BCUT2D eigenvalue weighted by atomic mass is 10.0. The first-order valence-corrected chi connectivity index (χ1v) is 6.68. The van der Waals surface area contributed by atoms with Crippen LogP contribution in [0.1, 0.15) is 24.1 Å². The van der Waals surface area contributed by atoms with Gasteiger partial charge in [0.25, 0.3) is 0 Å². The zero-order valence-electron chi connectivity index (χ0n) is 11.3. The van der Waals surface area contributed by atoms with Crippen molar-refractivity contribution >= 4 is 5.91 Å². The van der Waals surface area contributed by atoms with Crippen LogP contribution >= 0.6 is 0 Å². The quantitative estimate of drug-likeness (QED) is 0.795. The zero-order valence-corrected chi connectivity index (χ0v) is 11.3. The average Bonchev–Trinajstić information content (AvgIpc) is 2.46. The number of nitrogens with two attached hydrogens (primary N) is 1. The minimum Gasteiger partial charge on any atom is -0.385 e. The monoisotopic (exact) mass is 263 g/mol. The fourth-order valence-electron chi connectivity index (χ4n) is 2.36. The summed E-state index contributed by atoms with van der Waals surface area (Å²) in [7, 11) is 1.65. The van der Waals surface area contributed by atoms with Gasteiger partial charge in [-0.15, -0.1) is 0 Å². The molecule has 0 spiro atoms. The van der Waals surface area contributed by atoms with Gasteiger partial charge in [0.15, 0.2) is 0 Å². The van der Waals surface area contributed by atoms with Gasteiger partial charge in [-0.2, -0.15) is 0 Å². The molecule has 0 bridgehead atoms. The molecule has 19 heavy (non-hydrogen) atoms. The van der Waals surface area contributed by atoms with E-state index >= 15 is 0 Å². The molecule has 1 aliphatic heterocycles. The topological polar surface area (TPSA) is 68.5 Å². The maximum Gasteiger partial charge on any atom is 0.239 e. The number of rotatable bonds is 5. The minimum atomic E-state index is -0.423. The molecular formula is C14H21N3O2. The predicted octanol–water partition coefficient (Wildman–Crippen LogP) is 0.720. The van der Waals surface area contributed by atoms with Crippen LogP contribution in [0, 0.1) is 0 Å². The highest BCUT2D eigenvalue weighted by molar-refractivity contribution is 5.81. The van der Waals surface area contributed by atoms with Crippen molar-refractivity contribution in [2.24, 2.45) is 5.73 Å². The van der Waals surface area contributed by atoms with E-state index < -0.39 is 6.04 Å². The zero-order chi connectivity index (χ0) is 13.7. The summed E-state index contributed by atoms with van der Waals surface area (Å²) in [5.74, 6) is 0.0330. The highest BCUT2D eigenvalue weighted by Gasteiger charge is 2.24. The van der Waals surface area contributed by atoms with Gasteiger partial charge in [-0.1, -0.05) is 6.07 Å². The van der Waals surface area contributed by atoms with Crippen LogP contribution in [0.15, 0.2) is 18.3 Å². The van der Waals surface area contributed by atoms with Crippen molar-refractivity contribution < 1.29 is 9.53 Å². The average molecular weight is 263 g/mol. The molecule has 1 aromatic heterocycles. The number of carbonyl (C=O) groups is 1. The molecule has 2 rings (SSSR count). The molecule has 5 heteroatoms. The first kappa shape index (κ1) is 14.0. The van der Waals surface area contributed by atoms with E-state index in [2.05, 4.69) is 4.98 Å². The molecule has 2 heterocycles. The Balaban J connectivity index is 1.91. The molecule has 0 radical (unpaired) electrons. The summed E-state index contributed by atoms with van der Waals surface area (Å²) in [5.41, 5.74) is 8.17. The second kappa shape index (κ2) is 6.63. The summed E-state index contributed by atoms with van der Waals surface area (Å²) in [6.45, 7) is 1.98. The highest BCUT2D eigenvalue weighted by Crippen LogP contribution is 2.17. The molecule has 0 aliphatic carbocycles. The lowest BCUT2D eigenvalue weighted by Gasteiger charge is -2.30. The SMILES string of the molecule is COCCCC(N)C(=O)N1CCc2ncccc2C1. The van der Waals surface area contributed by atoms with Gasteiger partial charge >= 0.3 is 0 Å². The Kier molecular flexibility index (Phi) is 4.87. The van der Waals surface area contributed by atoms with Gasteiger partial charge in [-0.05, 0) is 24.5 Å². The number of fused-ring (bicyclic) bond motifs is 1. The Labute approximate surface area is 113 Å². The van der Waals surface area contributed by atoms with Gasteiger partial charge < -0.3 is 15.4 Å². The third kappa shape index (κ3) is 3.52. The minimum absolute atomic E-state index is 0.0330. The number of hydrogen-bond donors (Lipinski definition) is 1. The summed E-state index contributed by atoms with van der Waals surface area (Å²) in [6, 6.07) is 3.51. The molecule has 1 unspecified atom stereocenters. The molecule has 1 amide bonds. The summed E-state index contributed by atoms with van der Waals surface area (Å²) in [6.07, 6.45) is 4.10. The van der Waals surface area contributed by atoms with Crippen molar-refractivity contribution in [3.8, 4) is 0 Å². The van der Waals surface area contributed by atoms with Gasteiger partial charge in [0.1, 0.15) is 0 Å². The maximum absolute atomic E-state index is 12.2. The predicted molar refractivity (Wildman–Crippen MR) is 72.4 cm³/mol. The molecule has 1 atom stereocenters. The van der Waals surface area contributed by atoms with Crippen molar-refractivity contribution in [1.82, 2.24) is 9.88 Å². The van der Waals surface area contributed by atoms with E-state index in [4.69, 9.17) is 10.5 Å². The van der Waals surface area contributed by atoms with Crippen molar-refractivity contribution in [3.05, 3.63) is 29.6 Å². The Hall–Kier alpha value is -1.46. The van der Waals surface area contributed by atoms with Crippen LogP contribution in [0.2, 0.25) is 0 Å². The molecule has 2 N–H and O–H groups in total. The van der Waals surface area contributed by atoms with E-state index in [0.717, 1.165) is 24.1 Å². The van der Waals surface area contributed by atoms with Crippen molar-refractivity contribution in [2.45, 2.75) is 31.8 Å². The number of carbonyl (C=O) groups excluding carboxylic acids is 1. The van der Waals surface area contributed by atoms with E-state index in [1.807, 2.05) is 17.0 Å². The number of methoxy groups -OCH3 is 1. The number of nitrogens with zero attached hydrogens (tertiary/aromatic N) is 2. The van der Waals surface area contributed by atoms with E-state index in [1.165, 1.54) is 0 Å². The van der Waals surface area contributed by atoms with Crippen LogP contribution in [-0.4, -0.2) is 42.1 Å². The second-order valence-corrected chi connectivity index (χ2v) is 4.86. The summed E-state index contributed by atoms with van der Waals surface area (Å²) in [5, 5.41) is 0.